The minimum Gasteiger partial charge on any atom is -0.342 e. The fourth-order valence-corrected chi connectivity index (χ4v) is 5.50. The van der Waals surface area contributed by atoms with E-state index in [2.05, 4.69) is 19.9 Å². The predicted octanol–water partition coefficient (Wildman–Crippen LogP) is 3.26. The number of nitrogens with zero attached hydrogens (tertiary/aromatic N) is 5. The first-order valence-electron chi connectivity index (χ1n) is 12.3. The number of aryl methyl sites for hydroxylation is 2. The van der Waals surface area contributed by atoms with Gasteiger partial charge in [-0.2, -0.15) is 5.10 Å². The van der Waals surface area contributed by atoms with E-state index in [4.69, 9.17) is 10.1 Å². The van der Waals surface area contributed by atoms with Gasteiger partial charge in [-0.25, -0.2) is 9.50 Å². The number of rotatable bonds is 5. The van der Waals surface area contributed by atoms with Gasteiger partial charge in [0.1, 0.15) is 0 Å². The first kappa shape index (κ1) is 21.4. The number of piperidine rings is 1. The third kappa shape index (κ3) is 4.14. The number of likely N-dealkylation sites (tertiary alicyclic amines) is 2. The summed E-state index contributed by atoms with van der Waals surface area (Å²) in [6.07, 6.45) is 6.63. The Kier molecular flexibility index (Phi) is 5.68. The zero-order chi connectivity index (χ0) is 22.4. The molecule has 3 aliphatic rings. The molecule has 2 aromatic heterocycles. The molecule has 32 heavy (non-hydrogen) atoms. The first-order chi connectivity index (χ1) is 15.4. The van der Waals surface area contributed by atoms with Gasteiger partial charge in [0.2, 0.25) is 11.8 Å². The van der Waals surface area contributed by atoms with Crippen molar-refractivity contribution >= 4 is 17.5 Å². The molecule has 1 aliphatic carbocycles. The van der Waals surface area contributed by atoms with Gasteiger partial charge in [-0.05, 0) is 63.9 Å². The van der Waals surface area contributed by atoms with E-state index in [1.165, 1.54) is 6.42 Å². The highest BCUT2D eigenvalue weighted by molar-refractivity contribution is 5.81. The van der Waals surface area contributed by atoms with Crippen LogP contribution in [0, 0.1) is 25.7 Å². The summed E-state index contributed by atoms with van der Waals surface area (Å²) < 4.78 is 1.94. The molecule has 2 aliphatic heterocycles. The molecular weight excluding hydrogens is 402 g/mol. The minimum absolute atomic E-state index is 0.253. The molecule has 2 aromatic rings. The van der Waals surface area contributed by atoms with E-state index in [-0.39, 0.29) is 17.7 Å². The van der Waals surface area contributed by atoms with Gasteiger partial charge < -0.3 is 9.80 Å². The van der Waals surface area contributed by atoms with Crippen LogP contribution in [0.5, 0.6) is 0 Å². The van der Waals surface area contributed by atoms with Gasteiger partial charge in [-0.15, -0.1) is 0 Å². The van der Waals surface area contributed by atoms with Crippen LogP contribution in [0.25, 0.3) is 5.65 Å². The van der Waals surface area contributed by atoms with Gasteiger partial charge in [0, 0.05) is 61.9 Å². The van der Waals surface area contributed by atoms with E-state index in [0.29, 0.717) is 24.7 Å². The van der Waals surface area contributed by atoms with Gasteiger partial charge in [-0.3, -0.25) is 9.59 Å². The maximum absolute atomic E-state index is 12.8. The van der Waals surface area contributed by atoms with Gasteiger partial charge in [0.15, 0.2) is 5.65 Å². The van der Waals surface area contributed by atoms with Gasteiger partial charge >= 0.3 is 0 Å². The Morgan fingerprint density at radius 2 is 1.88 bits per heavy atom. The fraction of sp³-hybridized carbons (Fsp3) is 0.680. The third-order valence-corrected chi connectivity index (χ3v) is 7.63. The van der Waals surface area contributed by atoms with Gasteiger partial charge in [0.05, 0.1) is 5.69 Å². The van der Waals surface area contributed by atoms with Crippen molar-refractivity contribution in [1.82, 2.24) is 24.4 Å². The predicted molar refractivity (Wildman–Crippen MR) is 122 cm³/mol. The van der Waals surface area contributed by atoms with Crippen molar-refractivity contribution in [3.8, 4) is 0 Å². The Bertz CT molecular complexity index is 1040. The molecule has 0 aromatic carbocycles. The molecule has 0 unspecified atom stereocenters. The summed E-state index contributed by atoms with van der Waals surface area (Å²) in [5.41, 5.74) is 5.08. The lowest BCUT2D eigenvalue weighted by atomic mass is 9.99. The smallest absolute Gasteiger partial charge is 0.225 e. The molecule has 2 saturated heterocycles. The molecule has 0 N–H and O–H groups in total. The largest absolute Gasteiger partial charge is 0.342 e. The second kappa shape index (κ2) is 8.49. The molecule has 0 radical (unpaired) electrons. The van der Waals surface area contributed by atoms with Crippen molar-refractivity contribution in [3.05, 3.63) is 28.7 Å². The van der Waals surface area contributed by atoms with Crippen LogP contribution < -0.4 is 0 Å². The highest BCUT2D eigenvalue weighted by Gasteiger charge is 2.37. The number of aromatic nitrogens is 3. The Hall–Kier alpha value is -2.44. The standard InChI is InChI=1S/C25H35N5O2/c1-16-5-4-11-28(14-16)24(31)9-8-21-17(2)26-23-13-22(27-30(23)18(21)3)20-10-12-29(15-20)25(32)19-6-7-19/h13,16,19-20H,4-12,14-15H2,1-3H3/t16-,20-/m1/s1. The Morgan fingerprint density at radius 3 is 2.62 bits per heavy atom. The molecule has 7 heteroatoms. The van der Waals surface area contributed by atoms with E-state index in [0.717, 1.165) is 80.2 Å². The number of amides is 2. The average molecular weight is 438 g/mol. The minimum atomic E-state index is 0.253. The summed E-state index contributed by atoms with van der Waals surface area (Å²) >= 11 is 0. The molecule has 2 atom stereocenters. The molecule has 7 nitrogen and oxygen atoms in total. The molecule has 172 valence electrons. The maximum atomic E-state index is 12.8. The van der Waals surface area contributed by atoms with Crippen molar-refractivity contribution < 1.29 is 9.59 Å². The van der Waals surface area contributed by atoms with Crippen LogP contribution in [-0.4, -0.2) is 62.4 Å². The normalized spacial score (nSPS) is 23.8. The summed E-state index contributed by atoms with van der Waals surface area (Å²) in [4.78, 5) is 34.1. The molecule has 0 bridgehead atoms. The SMILES string of the molecule is Cc1nc2cc([C@@H]3CCN(C(=O)C4CC4)C3)nn2c(C)c1CCC(=O)N1CCC[C@@H](C)C1. The molecule has 5 rings (SSSR count). The summed E-state index contributed by atoms with van der Waals surface area (Å²) in [6, 6.07) is 2.08. The van der Waals surface area contributed by atoms with Crippen molar-refractivity contribution in [3.63, 3.8) is 0 Å². The van der Waals surface area contributed by atoms with Crippen LogP contribution in [0.4, 0.5) is 0 Å². The topological polar surface area (TPSA) is 70.8 Å². The molecule has 4 heterocycles. The van der Waals surface area contributed by atoms with Crippen molar-refractivity contribution in [1.29, 1.82) is 0 Å². The second-order valence-corrected chi connectivity index (χ2v) is 10.2. The van der Waals surface area contributed by atoms with Gasteiger partial charge in [-0.1, -0.05) is 6.92 Å². The fourth-order valence-electron chi connectivity index (χ4n) is 5.50. The Labute approximate surface area is 190 Å². The number of hydrogen-bond donors (Lipinski definition) is 0. The number of fused-ring (bicyclic) bond motifs is 1. The lowest BCUT2D eigenvalue weighted by Gasteiger charge is -2.31. The summed E-state index contributed by atoms with van der Waals surface area (Å²) in [6.45, 7) is 9.73. The summed E-state index contributed by atoms with van der Waals surface area (Å²) in [7, 11) is 0. The highest BCUT2D eigenvalue weighted by atomic mass is 16.2. The van der Waals surface area contributed by atoms with Crippen molar-refractivity contribution in [2.75, 3.05) is 26.2 Å². The van der Waals surface area contributed by atoms with Crippen LogP contribution in [-0.2, 0) is 16.0 Å². The summed E-state index contributed by atoms with van der Waals surface area (Å²) in [5.74, 6) is 1.74. The van der Waals surface area contributed by atoms with Crippen molar-refractivity contribution in [2.24, 2.45) is 11.8 Å². The highest BCUT2D eigenvalue weighted by Crippen LogP contribution is 2.35. The Morgan fingerprint density at radius 1 is 1.06 bits per heavy atom. The van der Waals surface area contributed by atoms with Gasteiger partial charge in [0.25, 0.3) is 0 Å². The summed E-state index contributed by atoms with van der Waals surface area (Å²) in [5, 5.41) is 4.90. The van der Waals surface area contributed by atoms with E-state index in [1.807, 2.05) is 21.2 Å². The number of carbonyl (C=O) groups excluding carboxylic acids is 2. The monoisotopic (exact) mass is 437 g/mol. The van der Waals surface area contributed by atoms with Crippen LogP contribution in [0.3, 0.4) is 0 Å². The van der Waals surface area contributed by atoms with E-state index in [9.17, 15) is 9.59 Å². The Balaban J connectivity index is 1.30. The molecule has 2 amide bonds. The third-order valence-electron chi connectivity index (χ3n) is 7.63. The number of carbonyl (C=O) groups is 2. The van der Waals surface area contributed by atoms with Crippen LogP contribution in [0.15, 0.2) is 6.07 Å². The maximum Gasteiger partial charge on any atom is 0.225 e. The zero-order valence-electron chi connectivity index (χ0n) is 19.6. The molecular formula is C25H35N5O2. The molecule has 3 fully saturated rings. The zero-order valence-corrected chi connectivity index (χ0v) is 19.6. The van der Waals surface area contributed by atoms with Crippen LogP contribution in [0.1, 0.15) is 74.0 Å². The lowest BCUT2D eigenvalue weighted by Crippen LogP contribution is -2.39. The lowest BCUT2D eigenvalue weighted by molar-refractivity contribution is -0.133. The van der Waals surface area contributed by atoms with Crippen LogP contribution in [0.2, 0.25) is 0 Å². The number of hydrogen-bond acceptors (Lipinski definition) is 4. The van der Waals surface area contributed by atoms with Crippen molar-refractivity contribution in [2.45, 2.75) is 71.6 Å². The molecule has 0 spiro atoms. The quantitative estimate of drug-likeness (QED) is 0.720. The average Bonchev–Trinajstić information content (AvgIpc) is 3.34. The second-order valence-electron chi connectivity index (χ2n) is 10.2. The van der Waals surface area contributed by atoms with E-state index >= 15 is 0 Å². The van der Waals surface area contributed by atoms with E-state index < -0.39 is 0 Å². The first-order valence-corrected chi connectivity index (χ1v) is 12.3. The molecule has 1 saturated carbocycles. The van der Waals surface area contributed by atoms with Crippen LogP contribution >= 0.6 is 0 Å². The van der Waals surface area contributed by atoms with E-state index in [1.54, 1.807) is 0 Å².